The summed E-state index contributed by atoms with van der Waals surface area (Å²) in [7, 11) is 0. The van der Waals surface area contributed by atoms with Gasteiger partial charge in [0.15, 0.2) is 0 Å². The number of halogens is 1. The molecule has 2 aliphatic rings. The van der Waals surface area contributed by atoms with E-state index in [0.717, 1.165) is 42.3 Å². The van der Waals surface area contributed by atoms with Crippen LogP contribution in [0, 0.1) is 10.8 Å². The number of rotatable bonds is 3. The van der Waals surface area contributed by atoms with E-state index in [2.05, 4.69) is 30.7 Å². The van der Waals surface area contributed by atoms with Crippen LogP contribution in [0.3, 0.4) is 0 Å². The zero-order valence-corrected chi connectivity index (χ0v) is 15.7. The van der Waals surface area contributed by atoms with E-state index in [1.807, 2.05) is 24.4 Å². The SMILES string of the molecule is CC1(C)C[C@H]2C[C@@](C)(CN2[C@@H](C(=O)O)c2c[nH]c3cc(Cl)ccc23)C1. The average molecular weight is 361 g/mol. The molecule has 5 heteroatoms. The van der Waals surface area contributed by atoms with Crippen molar-refractivity contribution in [1.29, 1.82) is 0 Å². The topological polar surface area (TPSA) is 56.3 Å². The Hall–Kier alpha value is -1.52. The van der Waals surface area contributed by atoms with Crippen LogP contribution < -0.4 is 0 Å². The molecule has 2 fully saturated rings. The van der Waals surface area contributed by atoms with Crippen LogP contribution in [0.2, 0.25) is 5.02 Å². The molecule has 25 heavy (non-hydrogen) atoms. The summed E-state index contributed by atoms with van der Waals surface area (Å²) in [5, 5.41) is 11.7. The van der Waals surface area contributed by atoms with Crippen molar-refractivity contribution >= 4 is 28.5 Å². The number of carboxylic acids is 1. The van der Waals surface area contributed by atoms with E-state index in [9.17, 15) is 9.90 Å². The molecule has 0 amide bonds. The molecule has 4 rings (SSSR count). The van der Waals surface area contributed by atoms with Gasteiger partial charge >= 0.3 is 5.97 Å². The summed E-state index contributed by atoms with van der Waals surface area (Å²) in [5.74, 6) is -0.773. The van der Waals surface area contributed by atoms with Crippen molar-refractivity contribution in [3.63, 3.8) is 0 Å². The summed E-state index contributed by atoms with van der Waals surface area (Å²) in [5.41, 5.74) is 2.20. The Bertz CT molecular complexity index is 843. The normalized spacial score (nSPS) is 29.8. The molecule has 0 unspecified atom stereocenters. The number of aromatic amines is 1. The van der Waals surface area contributed by atoms with Crippen molar-refractivity contribution in [2.75, 3.05) is 6.54 Å². The number of hydrogen-bond acceptors (Lipinski definition) is 2. The molecule has 2 N–H and O–H groups in total. The molecule has 2 heterocycles. The van der Waals surface area contributed by atoms with E-state index in [1.54, 1.807) is 0 Å². The third-order valence-corrected chi connectivity index (χ3v) is 6.23. The Kier molecular flexibility index (Phi) is 3.71. The third-order valence-electron chi connectivity index (χ3n) is 5.99. The molecule has 0 radical (unpaired) electrons. The molecule has 1 aromatic carbocycles. The highest BCUT2D eigenvalue weighted by Gasteiger charge is 2.52. The quantitative estimate of drug-likeness (QED) is 0.822. The van der Waals surface area contributed by atoms with Gasteiger partial charge in [-0.05, 0) is 42.2 Å². The lowest BCUT2D eigenvalue weighted by Crippen LogP contribution is -2.39. The number of carbonyl (C=O) groups is 1. The number of carboxylic acid groups (broad SMARTS) is 1. The van der Waals surface area contributed by atoms with Crippen LogP contribution in [0.1, 0.15) is 51.6 Å². The Morgan fingerprint density at radius 2 is 2.12 bits per heavy atom. The Morgan fingerprint density at radius 3 is 2.84 bits per heavy atom. The van der Waals surface area contributed by atoms with Gasteiger partial charge in [0.05, 0.1) is 0 Å². The fourth-order valence-electron chi connectivity index (χ4n) is 5.61. The lowest BCUT2D eigenvalue weighted by atomic mass is 9.65. The number of benzene rings is 1. The van der Waals surface area contributed by atoms with Crippen molar-refractivity contribution in [3.8, 4) is 0 Å². The summed E-state index contributed by atoms with van der Waals surface area (Å²) in [6, 6.07) is 5.31. The van der Waals surface area contributed by atoms with Crippen LogP contribution in [-0.4, -0.2) is 33.5 Å². The lowest BCUT2D eigenvalue weighted by Gasteiger charge is -2.40. The Labute approximate surface area is 153 Å². The fourth-order valence-corrected chi connectivity index (χ4v) is 5.78. The number of nitrogens with one attached hydrogen (secondary N) is 1. The van der Waals surface area contributed by atoms with Gasteiger partial charge in [0.2, 0.25) is 0 Å². The maximum Gasteiger partial charge on any atom is 0.325 e. The summed E-state index contributed by atoms with van der Waals surface area (Å²) in [6.45, 7) is 7.78. The van der Waals surface area contributed by atoms with Crippen LogP contribution in [0.25, 0.3) is 10.9 Å². The summed E-state index contributed by atoms with van der Waals surface area (Å²) in [4.78, 5) is 17.7. The standard InChI is InChI=1S/C20H25ClN2O2/c1-19(2)7-13-8-20(3,10-19)11-23(13)17(18(24)25)15-9-22-16-6-12(21)4-5-14(15)16/h4-6,9,13,17,22H,7-8,10-11H2,1-3H3,(H,24,25)/t13-,17+,20+/m0/s1. The third kappa shape index (κ3) is 2.85. The Balaban J connectivity index is 1.76. The number of H-pyrrole nitrogens is 1. The average Bonchev–Trinajstić information content (AvgIpc) is 2.97. The zero-order chi connectivity index (χ0) is 18.0. The van der Waals surface area contributed by atoms with Gasteiger partial charge in [0.25, 0.3) is 0 Å². The first-order valence-corrected chi connectivity index (χ1v) is 9.30. The zero-order valence-electron chi connectivity index (χ0n) is 15.0. The molecular weight excluding hydrogens is 336 g/mol. The molecule has 1 saturated heterocycles. The number of aliphatic carboxylic acids is 1. The largest absolute Gasteiger partial charge is 0.480 e. The number of aromatic nitrogens is 1. The predicted octanol–water partition coefficient (Wildman–Crippen LogP) is 4.85. The second kappa shape index (κ2) is 5.49. The Morgan fingerprint density at radius 1 is 1.36 bits per heavy atom. The van der Waals surface area contributed by atoms with Crippen LogP contribution in [0.4, 0.5) is 0 Å². The molecule has 1 aliphatic carbocycles. The highest BCUT2D eigenvalue weighted by Crippen LogP contribution is 2.54. The van der Waals surface area contributed by atoms with Crippen molar-refractivity contribution in [2.45, 2.75) is 52.1 Å². The van der Waals surface area contributed by atoms with Gasteiger partial charge in [-0.2, -0.15) is 0 Å². The van der Waals surface area contributed by atoms with Gasteiger partial charge in [0.1, 0.15) is 6.04 Å². The second-order valence-corrected chi connectivity index (χ2v) is 9.50. The minimum Gasteiger partial charge on any atom is -0.480 e. The van der Waals surface area contributed by atoms with E-state index in [1.165, 1.54) is 0 Å². The van der Waals surface area contributed by atoms with Gasteiger partial charge in [-0.3, -0.25) is 9.69 Å². The molecule has 4 nitrogen and oxygen atoms in total. The second-order valence-electron chi connectivity index (χ2n) is 9.06. The van der Waals surface area contributed by atoms with E-state index >= 15 is 0 Å². The van der Waals surface area contributed by atoms with Gasteiger partial charge in [0, 0.05) is 40.3 Å². The number of hydrogen-bond donors (Lipinski definition) is 2. The van der Waals surface area contributed by atoms with Crippen molar-refractivity contribution in [3.05, 3.63) is 35.0 Å². The van der Waals surface area contributed by atoms with Crippen molar-refractivity contribution < 1.29 is 9.90 Å². The van der Waals surface area contributed by atoms with Gasteiger partial charge in [-0.25, -0.2) is 0 Å². The van der Waals surface area contributed by atoms with Gasteiger partial charge in [-0.1, -0.05) is 38.4 Å². The number of likely N-dealkylation sites (tertiary alicyclic amines) is 1. The van der Waals surface area contributed by atoms with Crippen LogP contribution in [0.15, 0.2) is 24.4 Å². The molecule has 1 aromatic heterocycles. The first kappa shape index (κ1) is 16.9. The minimum absolute atomic E-state index is 0.204. The molecular formula is C20H25ClN2O2. The van der Waals surface area contributed by atoms with Crippen molar-refractivity contribution in [1.82, 2.24) is 9.88 Å². The number of fused-ring (bicyclic) bond motifs is 3. The maximum absolute atomic E-state index is 12.3. The molecule has 3 atom stereocenters. The van der Waals surface area contributed by atoms with Crippen LogP contribution >= 0.6 is 11.6 Å². The maximum atomic E-state index is 12.3. The molecule has 1 aliphatic heterocycles. The van der Waals surface area contributed by atoms with Crippen LogP contribution in [-0.2, 0) is 4.79 Å². The monoisotopic (exact) mass is 360 g/mol. The molecule has 1 saturated carbocycles. The van der Waals surface area contributed by atoms with E-state index in [4.69, 9.17) is 11.6 Å². The number of nitrogens with zero attached hydrogens (tertiary/aromatic N) is 1. The van der Waals surface area contributed by atoms with Crippen LogP contribution in [0.5, 0.6) is 0 Å². The minimum atomic E-state index is -0.773. The molecule has 0 spiro atoms. The first-order valence-electron chi connectivity index (χ1n) is 8.93. The van der Waals surface area contributed by atoms with Gasteiger partial charge < -0.3 is 10.1 Å². The predicted molar refractivity (Wildman–Crippen MR) is 99.9 cm³/mol. The van der Waals surface area contributed by atoms with Crippen molar-refractivity contribution in [2.24, 2.45) is 10.8 Å². The smallest absolute Gasteiger partial charge is 0.325 e. The first-order chi connectivity index (χ1) is 11.7. The van der Waals surface area contributed by atoms with E-state index in [0.29, 0.717) is 11.1 Å². The fraction of sp³-hybridized carbons (Fsp3) is 0.550. The summed E-state index contributed by atoms with van der Waals surface area (Å²) >= 11 is 6.07. The highest BCUT2D eigenvalue weighted by atomic mass is 35.5. The lowest BCUT2D eigenvalue weighted by molar-refractivity contribution is -0.144. The van der Waals surface area contributed by atoms with Gasteiger partial charge in [-0.15, -0.1) is 0 Å². The molecule has 2 bridgehead atoms. The summed E-state index contributed by atoms with van der Waals surface area (Å²) in [6.07, 6.45) is 5.15. The molecule has 2 aromatic rings. The van der Waals surface area contributed by atoms with E-state index in [-0.39, 0.29) is 10.8 Å². The van der Waals surface area contributed by atoms with E-state index < -0.39 is 12.0 Å². The highest BCUT2D eigenvalue weighted by molar-refractivity contribution is 6.31. The molecule has 134 valence electrons. The summed E-state index contributed by atoms with van der Waals surface area (Å²) < 4.78 is 0.